The lowest BCUT2D eigenvalue weighted by Crippen LogP contribution is -2.45. The summed E-state index contributed by atoms with van der Waals surface area (Å²) in [4.78, 5) is 51.6. The van der Waals surface area contributed by atoms with Crippen LogP contribution in [0.4, 0.5) is 9.59 Å². The van der Waals surface area contributed by atoms with Gasteiger partial charge in [-0.1, -0.05) is 78.6 Å². The van der Waals surface area contributed by atoms with E-state index in [4.69, 9.17) is 32.7 Å². The number of likely N-dealkylation sites (tertiary alicyclic amines) is 2. The first-order valence-electron chi connectivity index (χ1n) is 20.1. The Morgan fingerprint density at radius 2 is 1.02 bits per heavy atom. The molecular weight excluding hydrogens is 871 g/mol. The number of hydrogen-bond donors (Lipinski definition) is 4. The summed E-state index contributed by atoms with van der Waals surface area (Å²) in [6, 6.07) is 13.4. The average molecular weight is 943 g/mol. The summed E-state index contributed by atoms with van der Waals surface area (Å²) < 4.78 is 10.8. The molecule has 17 heteroatoms. The predicted molar refractivity (Wildman–Crippen MR) is 255 cm³/mol. The molecule has 4 rings (SSSR count). The first-order valence-corrected chi connectivity index (χ1v) is 21.2. The smallest absolute Gasteiger partial charge is 0.413 e. The maximum atomic E-state index is 12.2. The number of nitrogens with zero attached hydrogens (tertiary/aromatic N) is 2. The van der Waals surface area contributed by atoms with E-state index in [1.165, 1.54) is 36.8 Å². The number of rotatable bonds is 12. The molecule has 0 radical (unpaired) electrons. The molecule has 60 heavy (non-hydrogen) atoms. The van der Waals surface area contributed by atoms with Crippen molar-refractivity contribution in [3.63, 3.8) is 0 Å². The van der Waals surface area contributed by atoms with Crippen molar-refractivity contribution in [3.8, 4) is 11.5 Å². The molecule has 12 nitrogen and oxygen atoms in total. The van der Waals surface area contributed by atoms with Crippen LogP contribution >= 0.6 is 62.6 Å². The molecule has 2 saturated heterocycles. The number of hydrogen-bond acceptors (Lipinski definition) is 8. The van der Waals surface area contributed by atoms with Gasteiger partial charge < -0.3 is 40.1 Å². The van der Waals surface area contributed by atoms with Crippen LogP contribution in [0.2, 0.25) is 0 Å². The van der Waals surface area contributed by atoms with Gasteiger partial charge in [-0.15, -0.1) is 35.6 Å². The number of likely N-dealkylation sites (N-methyl/N-ethyl adjacent to an activating group) is 2. The van der Waals surface area contributed by atoms with E-state index in [2.05, 4.69) is 60.5 Å². The summed E-state index contributed by atoms with van der Waals surface area (Å²) in [5.41, 5.74) is 2.43. The van der Waals surface area contributed by atoms with Crippen molar-refractivity contribution in [2.24, 2.45) is 11.8 Å². The van der Waals surface area contributed by atoms with E-state index in [-0.39, 0.29) is 67.4 Å². The minimum Gasteiger partial charge on any atom is -0.480 e. The molecule has 0 spiro atoms. The fourth-order valence-electron chi connectivity index (χ4n) is 7.83. The Morgan fingerprint density at radius 3 is 1.30 bits per heavy atom. The van der Waals surface area contributed by atoms with Gasteiger partial charge in [0, 0.05) is 23.9 Å². The summed E-state index contributed by atoms with van der Waals surface area (Å²) in [7, 11) is 4.31. The number of ether oxygens (including phenoxy) is 2. The van der Waals surface area contributed by atoms with Crippen LogP contribution < -0.4 is 20.1 Å². The third-order valence-corrected chi connectivity index (χ3v) is 11.1. The number of benzene rings is 2. The van der Waals surface area contributed by atoms with Gasteiger partial charge in [-0.05, 0) is 113 Å². The van der Waals surface area contributed by atoms with Crippen molar-refractivity contribution < 1.29 is 38.9 Å². The minimum atomic E-state index is -1.07. The average Bonchev–Trinajstić information content (AvgIpc) is 3.48. The molecular formula is C43H71Cl3N4O8S2. The second kappa shape index (κ2) is 29.7. The first kappa shape index (κ1) is 59.5. The maximum absolute atomic E-state index is 12.2. The summed E-state index contributed by atoms with van der Waals surface area (Å²) in [5, 5.41) is 23.5. The number of carbonyl (C=O) groups excluding carboxylic acids is 2. The van der Waals surface area contributed by atoms with E-state index in [1.807, 2.05) is 24.3 Å². The summed E-state index contributed by atoms with van der Waals surface area (Å²) in [6.07, 6.45) is 7.52. The molecule has 2 heterocycles. The van der Waals surface area contributed by atoms with Crippen molar-refractivity contribution in [2.45, 2.75) is 116 Å². The molecule has 0 bridgehead atoms. The van der Waals surface area contributed by atoms with E-state index in [0.717, 1.165) is 51.9 Å². The molecule has 2 unspecified atom stereocenters. The van der Waals surface area contributed by atoms with Gasteiger partial charge in [-0.25, -0.2) is 19.2 Å². The highest BCUT2D eigenvalue weighted by atomic mass is 35.5. The second-order valence-corrected chi connectivity index (χ2v) is 16.8. The van der Waals surface area contributed by atoms with Gasteiger partial charge in [0.1, 0.15) is 23.6 Å². The standard InChI is InChI=1S/2C21H32N2O4.CH2Cl2.ClH.2H2S/c2*1-5-21(11-6-7-12-23(4)14-21)16-9-8-10-17(13-16)27-20(26)22-18(15(2)3)19(24)25;2-1-3;;;/h2*8-10,13,15,18H,5-7,11-12,14H2,1-4H3,(H,22,26)(H,24,25);1H2;1H;2*1H2/t2*18-,21?;;;;/m00..../s1. The van der Waals surface area contributed by atoms with Crippen molar-refractivity contribution in [1.29, 1.82) is 0 Å². The van der Waals surface area contributed by atoms with Crippen LogP contribution in [-0.4, -0.2) is 102 Å². The minimum absolute atomic E-state index is 0. The Hall–Kier alpha value is -2.59. The Labute approximate surface area is 388 Å². The molecule has 4 atom stereocenters. The van der Waals surface area contributed by atoms with Gasteiger partial charge >= 0.3 is 24.1 Å². The topological polar surface area (TPSA) is 158 Å². The maximum Gasteiger partial charge on any atom is 0.413 e. The van der Waals surface area contributed by atoms with Crippen LogP contribution in [-0.2, 0) is 20.4 Å². The van der Waals surface area contributed by atoms with Gasteiger partial charge in [0.25, 0.3) is 0 Å². The van der Waals surface area contributed by atoms with E-state index < -0.39 is 36.2 Å². The Kier molecular flexibility index (Phi) is 29.4. The number of aliphatic carboxylic acids is 2. The molecule has 4 N–H and O–H groups in total. The number of carbonyl (C=O) groups is 4. The highest BCUT2D eigenvalue weighted by Crippen LogP contribution is 2.39. The molecule has 2 aliphatic heterocycles. The van der Waals surface area contributed by atoms with Crippen LogP contribution in [0, 0.1) is 11.8 Å². The number of carboxylic acids is 2. The zero-order chi connectivity index (χ0) is 42.8. The highest BCUT2D eigenvalue weighted by Gasteiger charge is 2.35. The van der Waals surface area contributed by atoms with Crippen molar-refractivity contribution in [2.75, 3.05) is 45.6 Å². The molecule has 2 aromatic rings. The van der Waals surface area contributed by atoms with Crippen LogP contribution in [0.5, 0.6) is 11.5 Å². The number of amides is 2. The number of alkyl halides is 2. The van der Waals surface area contributed by atoms with E-state index in [9.17, 15) is 29.4 Å². The SMILES string of the molecule is CCC1(c2cccc(OC(=O)N[C@H](C(=O)O)C(C)C)c2)CCCCN(C)C1.CCC1(c2cccc(OC(=O)N[C@H](C(=O)O)C(C)C)c2)CCCCN(C)C1.Cl.ClCCl.S.S. The third kappa shape index (κ3) is 18.8. The largest absolute Gasteiger partial charge is 0.480 e. The molecule has 0 saturated carbocycles. The monoisotopic (exact) mass is 940 g/mol. The third-order valence-electron chi connectivity index (χ3n) is 11.1. The van der Waals surface area contributed by atoms with Crippen molar-refractivity contribution >= 4 is 86.7 Å². The van der Waals surface area contributed by atoms with Crippen molar-refractivity contribution in [1.82, 2.24) is 20.4 Å². The molecule has 2 amide bonds. The van der Waals surface area contributed by atoms with Gasteiger partial charge in [-0.3, -0.25) is 0 Å². The van der Waals surface area contributed by atoms with Gasteiger partial charge in [0.05, 0.1) is 5.34 Å². The number of carboxylic acid groups (broad SMARTS) is 2. The lowest BCUT2D eigenvalue weighted by Gasteiger charge is -2.35. The molecule has 344 valence electrons. The first-order chi connectivity index (χ1) is 27.0. The fourth-order valence-corrected chi connectivity index (χ4v) is 7.83. The predicted octanol–water partition coefficient (Wildman–Crippen LogP) is 9.36. The Balaban J connectivity index is 0. The molecule has 0 aromatic heterocycles. The second-order valence-electron chi connectivity index (χ2n) is 16.0. The fraction of sp³-hybridized carbons (Fsp3) is 0.628. The van der Waals surface area contributed by atoms with Crippen LogP contribution in [0.1, 0.15) is 104 Å². The van der Waals surface area contributed by atoms with E-state index in [0.29, 0.717) is 11.5 Å². The van der Waals surface area contributed by atoms with Crippen LogP contribution in [0.25, 0.3) is 0 Å². The van der Waals surface area contributed by atoms with Crippen LogP contribution in [0.3, 0.4) is 0 Å². The highest BCUT2D eigenvalue weighted by molar-refractivity contribution is 7.59. The molecule has 2 aliphatic rings. The quantitative estimate of drug-likeness (QED) is 0.151. The molecule has 2 fully saturated rings. The summed E-state index contributed by atoms with van der Waals surface area (Å²) in [6.45, 7) is 15.6. The number of halogens is 3. The van der Waals surface area contributed by atoms with Gasteiger partial charge in [-0.2, -0.15) is 27.0 Å². The van der Waals surface area contributed by atoms with Gasteiger partial charge in [0.2, 0.25) is 0 Å². The summed E-state index contributed by atoms with van der Waals surface area (Å²) >= 11 is 9.53. The molecule has 0 aliphatic carbocycles. The van der Waals surface area contributed by atoms with Crippen LogP contribution in [0.15, 0.2) is 48.5 Å². The van der Waals surface area contributed by atoms with E-state index in [1.54, 1.807) is 39.8 Å². The summed E-state index contributed by atoms with van der Waals surface area (Å²) in [5.74, 6) is -1.71. The van der Waals surface area contributed by atoms with Gasteiger partial charge in [0.15, 0.2) is 0 Å². The van der Waals surface area contributed by atoms with E-state index >= 15 is 0 Å². The zero-order valence-electron chi connectivity index (χ0n) is 36.5. The number of nitrogens with one attached hydrogen (secondary N) is 2. The van der Waals surface area contributed by atoms with Crippen molar-refractivity contribution in [3.05, 3.63) is 59.7 Å². The lowest BCUT2D eigenvalue weighted by molar-refractivity contribution is -0.141. The molecule has 2 aromatic carbocycles. The normalized spacial score (nSPS) is 20.2. The lowest BCUT2D eigenvalue weighted by atomic mass is 9.74. The zero-order valence-corrected chi connectivity index (χ0v) is 40.9. The Morgan fingerprint density at radius 1 is 0.683 bits per heavy atom. The Bertz CT molecular complexity index is 1480.